The van der Waals surface area contributed by atoms with Crippen LogP contribution in [0.1, 0.15) is 27.6 Å². The van der Waals surface area contributed by atoms with Gasteiger partial charge >= 0.3 is 11.9 Å². The van der Waals surface area contributed by atoms with Gasteiger partial charge in [-0.3, -0.25) is 0 Å². The van der Waals surface area contributed by atoms with E-state index in [1.54, 1.807) is 48.5 Å². The van der Waals surface area contributed by atoms with Gasteiger partial charge in [-0.2, -0.15) is 0 Å². The first-order chi connectivity index (χ1) is 12.8. The van der Waals surface area contributed by atoms with Crippen molar-refractivity contribution in [2.24, 2.45) is 0 Å². The Morgan fingerprint density at radius 3 is 2.00 bits per heavy atom. The minimum atomic E-state index is -2.08. The van der Waals surface area contributed by atoms with E-state index >= 15 is 0 Å². The second-order valence-corrected chi connectivity index (χ2v) is 6.70. The fraction of sp³-hybridized carbons (Fsp3) is 0.300. The Hall–Kier alpha value is -2.25. The third-order valence-electron chi connectivity index (χ3n) is 3.84. The molecule has 0 saturated carbocycles. The van der Waals surface area contributed by atoms with E-state index in [0.717, 1.165) is 0 Å². The molecule has 1 unspecified atom stereocenters. The predicted molar refractivity (Wildman–Crippen MR) is 102 cm³/mol. The highest BCUT2D eigenvalue weighted by Gasteiger charge is 2.42. The molecule has 3 atom stereocenters. The zero-order valence-electron chi connectivity index (χ0n) is 14.7. The first-order valence-electron chi connectivity index (χ1n) is 8.26. The van der Waals surface area contributed by atoms with E-state index in [1.807, 2.05) is 0 Å². The largest absolute Gasteiger partial charge is 0.459 e. The molecule has 0 aliphatic carbocycles. The van der Waals surface area contributed by atoms with E-state index in [-0.39, 0.29) is 10.9 Å². The number of hydrogen-bond acceptors (Lipinski definition) is 5. The molecule has 0 radical (unpaired) electrons. The van der Waals surface area contributed by atoms with Gasteiger partial charge < -0.3 is 14.6 Å². The monoisotopic (exact) mass is 438 g/mol. The standard InChI is InChI=1S/C20H20BrFO5/c1-20(22,13-21)17(27-19(25)15-10-6-3-7-11-15)16(23)12-26-18(24)14-8-4-2-5-9-14/h2-11,16-17,23H,12-13H2,1H3/t16?,17-,20+/m1/s1. The topological polar surface area (TPSA) is 72.8 Å². The van der Waals surface area contributed by atoms with Crippen molar-refractivity contribution < 1.29 is 28.6 Å². The number of rotatable bonds is 8. The second-order valence-electron chi connectivity index (χ2n) is 6.14. The Morgan fingerprint density at radius 2 is 1.52 bits per heavy atom. The SMILES string of the molecule is C[C@](F)(CBr)[C@H](OC(=O)c1ccccc1)C(O)COC(=O)c1ccccc1. The van der Waals surface area contributed by atoms with Gasteiger partial charge in [-0.25, -0.2) is 14.0 Å². The third kappa shape index (κ3) is 5.87. The average Bonchev–Trinajstić information content (AvgIpc) is 2.70. The van der Waals surface area contributed by atoms with Crippen LogP contribution in [0.3, 0.4) is 0 Å². The molecule has 144 valence electrons. The Bertz CT molecular complexity index is 751. The zero-order valence-corrected chi connectivity index (χ0v) is 16.3. The van der Waals surface area contributed by atoms with Gasteiger partial charge in [-0.05, 0) is 31.2 Å². The summed E-state index contributed by atoms with van der Waals surface area (Å²) in [5.74, 6) is -1.44. The molecule has 0 aliphatic rings. The molecule has 0 saturated heterocycles. The third-order valence-corrected chi connectivity index (χ3v) is 4.94. The molecule has 0 bridgehead atoms. The summed E-state index contributed by atoms with van der Waals surface area (Å²) in [6.07, 6.45) is -3.08. The number of hydrogen-bond donors (Lipinski definition) is 1. The number of aliphatic hydroxyl groups is 1. The Kier molecular flexibility index (Phi) is 7.50. The lowest BCUT2D eigenvalue weighted by molar-refractivity contribution is -0.0941. The molecular weight excluding hydrogens is 419 g/mol. The van der Waals surface area contributed by atoms with Crippen LogP contribution in [0, 0.1) is 0 Å². The molecule has 27 heavy (non-hydrogen) atoms. The minimum absolute atomic E-state index is 0.184. The number of benzene rings is 2. The molecule has 0 heterocycles. The summed E-state index contributed by atoms with van der Waals surface area (Å²) in [6, 6.07) is 16.2. The lowest BCUT2D eigenvalue weighted by Gasteiger charge is -2.32. The van der Waals surface area contributed by atoms with Crippen molar-refractivity contribution in [3.63, 3.8) is 0 Å². The van der Waals surface area contributed by atoms with Gasteiger partial charge in [0.05, 0.1) is 11.1 Å². The molecular formula is C20H20BrFO5. The van der Waals surface area contributed by atoms with Crippen molar-refractivity contribution >= 4 is 27.9 Å². The van der Waals surface area contributed by atoms with Gasteiger partial charge in [0.1, 0.15) is 12.7 Å². The van der Waals surface area contributed by atoms with E-state index < -0.39 is 36.4 Å². The number of aliphatic hydroxyl groups excluding tert-OH is 1. The summed E-state index contributed by atoms with van der Waals surface area (Å²) in [7, 11) is 0. The average molecular weight is 439 g/mol. The zero-order chi connectivity index (χ0) is 19.9. The van der Waals surface area contributed by atoms with Crippen molar-refractivity contribution in [3.05, 3.63) is 71.8 Å². The Morgan fingerprint density at radius 1 is 1.04 bits per heavy atom. The molecule has 0 aromatic heterocycles. The minimum Gasteiger partial charge on any atom is -0.459 e. The fourth-order valence-electron chi connectivity index (χ4n) is 2.34. The van der Waals surface area contributed by atoms with Crippen LogP contribution in [-0.2, 0) is 9.47 Å². The molecule has 0 fully saturated rings. The van der Waals surface area contributed by atoms with Gasteiger partial charge in [0, 0.05) is 5.33 Å². The van der Waals surface area contributed by atoms with Crippen LogP contribution >= 0.6 is 15.9 Å². The van der Waals surface area contributed by atoms with E-state index in [4.69, 9.17) is 9.47 Å². The number of ether oxygens (including phenoxy) is 2. The maximum atomic E-state index is 14.8. The summed E-state index contributed by atoms with van der Waals surface area (Å²) in [6.45, 7) is 0.667. The number of alkyl halides is 2. The highest BCUT2D eigenvalue weighted by Crippen LogP contribution is 2.25. The van der Waals surface area contributed by atoms with Crippen LogP contribution in [0.25, 0.3) is 0 Å². The molecule has 0 aliphatic heterocycles. The van der Waals surface area contributed by atoms with Crippen LogP contribution < -0.4 is 0 Å². The van der Waals surface area contributed by atoms with E-state index in [1.165, 1.54) is 19.1 Å². The fourth-order valence-corrected chi connectivity index (χ4v) is 2.66. The van der Waals surface area contributed by atoms with Crippen LogP contribution in [-0.4, -0.2) is 46.9 Å². The van der Waals surface area contributed by atoms with E-state index in [0.29, 0.717) is 5.56 Å². The second kappa shape index (κ2) is 9.62. The lowest BCUT2D eigenvalue weighted by atomic mass is 9.98. The summed E-state index contributed by atoms with van der Waals surface area (Å²) >= 11 is 3.02. The maximum Gasteiger partial charge on any atom is 0.338 e. The number of carbonyl (C=O) groups is 2. The van der Waals surface area contributed by atoms with Crippen LogP contribution in [0.5, 0.6) is 0 Å². The highest BCUT2D eigenvalue weighted by molar-refractivity contribution is 9.09. The highest BCUT2D eigenvalue weighted by atomic mass is 79.9. The van der Waals surface area contributed by atoms with Gasteiger partial charge in [-0.1, -0.05) is 52.3 Å². The number of halogens is 2. The van der Waals surface area contributed by atoms with E-state index in [9.17, 15) is 19.1 Å². The molecule has 1 N–H and O–H groups in total. The normalized spacial score (nSPS) is 15.3. The lowest BCUT2D eigenvalue weighted by Crippen LogP contribution is -2.50. The summed E-state index contributed by atoms with van der Waals surface area (Å²) in [5.41, 5.74) is -1.56. The van der Waals surface area contributed by atoms with Gasteiger partial charge in [-0.15, -0.1) is 0 Å². The molecule has 5 nitrogen and oxygen atoms in total. The molecule has 2 rings (SSSR count). The van der Waals surface area contributed by atoms with Gasteiger partial charge in [0.15, 0.2) is 11.8 Å². The van der Waals surface area contributed by atoms with Crippen LogP contribution in [0.4, 0.5) is 4.39 Å². The van der Waals surface area contributed by atoms with Crippen molar-refractivity contribution in [1.29, 1.82) is 0 Å². The maximum absolute atomic E-state index is 14.8. The Labute approximate surface area is 165 Å². The van der Waals surface area contributed by atoms with Crippen LogP contribution in [0.2, 0.25) is 0 Å². The molecule has 7 heteroatoms. The molecule has 0 spiro atoms. The van der Waals surface area contributed by atoms with Crippen molar-refractivity contribution in [2.45, 2.75) is 24.8 Å². The van der Waals surface area contributed by atoms with Crippen LogP contribution in [0.15, 0.2) is 60.7 Å². The Balaban J connectivity index is 2.06. The first-order valence-corrected chi connectivity index (χ1v) is 9.38. The quantitative estimate of drug-likeness (QED) is 0.503. The first kappa shape index (κ1) is 21.1. The molecule has 0 amide bonds. The van der Waals surface area contributed by atoms with Crippen molar-refractivity contribution in [1.82, 2.24) is 0 Å². The molecule has 2 aromatic rings. The number of carbonyl (C=O) groups excluding carboxylic acids is 2. The molecule has 2 aromatic carbocycles. The van der Waals surface area contributed by atoms with Gasteiger partial charge in [0.25, 0.3) is 0 Å². The summed E-state index contributed by atoms with van der Waals surface area (Å²) in [5, 5.41) is 10.2. The van der Waals surface area contributed by atoms with Gasteiger partial charge in [0.2, 0.25) is 0 Å². The van der Waals surface area contributed by atoms with E-state index in [2.05, 4.69) is 15.9 Å². The number of esters is 2. The van der Waals surface area contributed by atoms with Crippen molar-refractivity contribution in [3.8, 4) is 0 Å². The summed E-state index contributed by atoms with van der Waals surface area (Å²) < 4.78 is 25.1. The van der Waals surface area contributed by atoms with Crippen molar-refractivity contribution in [2.75, 3.05) is 11.9 Å². The smallest absolute Gasteiger partial charge is 0.338 e. The summed E-state index contributed by atoms with van der Waals surface area (Å²) in [4.78, 5) is 24.2. The predicted octanol–water partition coefficient (Wildman–Crippen LogP) is 3.55.